The van der Waals surface area contributed by atoms with Gasteiger partial charge in [0.05, 0.1) is 4.90 Å². The largest absolute Gasteiger partial charge is 0.353 e. The first-order valence-electron chi connectivity index (χ1n) is 8.02. The Morgan fingerprint density at radius 2 is 1.70 bits per heavy atom. The van der Waals surface area contributed by atoms with Crippen LogP contribution in [-0.2, 0) is 14.8 Å². The number of sulfonamides is 1. The number of hydrogen-bond donors (Lipinski definition) is 2. The highest BCUT2D eigenvalue weighted by molar-refractivity contribution is 9.10. The van der Waals surface area contributed by atoms with Crippen LogP contribution in [0, 0.1) is 0 Å². The zero-order valence-electron chi connectivity index (χ0n) is 13.1. The van der Waals surface area contributed by atoms with Gasteiger partial charge in [0.25, 0.3) is 0 Å². The Morgan fingerprint density at radius 1 is 1.09 bits per heavy atom. The molecule has 1 aliphatic carbocycles. The SMILES string of the molecule is O=C(CCNS(=O)(=O)c1ccc(Br)cc1)NC1CCCCCC1. The van der Waals surface area contributed by atoms with Crippen LogP contribution in [0.15, 0.2) is 33.6 Å². The first kappa shape index (κ1) is 18.4. The molecule has 0 atom stereocenters. The van der Waals surface area contributed by atoms with Crippen molar-refractivity contribution in [1.82, 2.24) is 10.0 Å². The number of halogens is 1. The molecule has 1 saturated carbocycles. The Balaban J connectivity index is 1.77. The molecule has 128 valence electrons. The van der Waals surface area contributed by atoms with Gasteiger partial charge in [-0.25, -0.2) is 13.1 Å². The maximum absolute atomic E-state index is 12.1. The molecule has 0 saturated heterocycles. The van der Waals surface area contributed by atoms with Crippen LogP contribution in [0.25, 0.3) is 0 Å². The van der Waals surface area contributed by atoms with Crippen LogP contribution in [-0.4, -0.2) is 26.9 Å². The number of carbonyl (C=O) groups excluding carboxylic acids is 1. The standard InChI is InChI=1S/C16H23BrN2O3S/c17-13-7-9-15(10-8-13)23(21,22)18-12-11-16(20)19-14-5-3-1-2-4-6-14/h7-10,14,18H,1-6,11-12H2,(H,19,20). The Morgan fingerprint density at radius 3 is 2.30 bits per heavy atom. The van der Waals surface area contributed by atoms with Gasteiger partial charge in [0, 0.05) is 23.5 Å². The van der Waals surface area contributed by atoms with Gasteiger partial charge < -0.3 is 5.32 Å². The van der Waals surface area contributed by atoms with Gasteiger partial charge in [-0.1, -0.05) is 41.6 Å². The second kappa shape index (κ2) is 8.80. The van der Waals surface area contributed by atoms with Crippen molar-refractivity contribution in [1.29, 1.82) is 0 Å². The fourth-order valence-electron chi connectivity index (χ4n) is 2.72. The van der Waals surface area contributed by atoms with Crippen LogP contribution in [0.3, 0.4) is 0 Å². The molecular weight excluding hydrogens is 380 g/mol. The van der Waals surface area contributed by atoms with E-state index >= 15 is 0 Å². The predicted octanol–water partition coefficient (Wildman–Crippen LogP) is 2.96. The highest BCUT2D eigenvalue weighted by Gasteiger charge is 2.16. The fourth-order valence-corrected chi connectivity index (χ4v) is 4.02. The van der Waals surface area contributed by atoms with E-state index in [0.717, 1.165) is 30.2 Å². The van der Waals surface area contributed by atoms with Crippen molar-refractivity contribution in [3.8, 4) is 0 Å². The van der Waals surface area contributed by atoms with E-state index < -0.39 is 10.0 Å². The number of carbonyl (C=O) groups is 1. The Hall–Kier alpha value is -0.920. The number of hydrogen-bond acceptors (Lipinski definition) is 3. The molecule has 0 heterocycles. The summed E-state index contributed by atoms with van der Waals surface area (Å²) in [6, 6.07) is 6.64. The molecule has 1 amide bonds. The van der Waals surface area contributed by atoms with E-state index in [0.29, 0.717) is 0 Å². The summed E-state index contributed by atoms with van der Waals surface area (Å²) in [6.07, 6.45) is 6.99. The molecule has 1 aromatic carbocycles. The number of amides is 1. The minimum atomic E-state index is -3.56. The maximum atomic E-state index is 12.1. The third kappa shape index (κ3) is 6.24. The van der Waals surface area contributed by atoms with Gasteiger partial charge in [-0.3, -0.25) is 4.79 Å². The molecule has 0 radical (unpaired) electrons. The Bertz CT molecular complexity index is 609. The lowest BCUT2D eigenvalue weighted by Gasteiger charge is -2.16. The molecule has 1 aliphatic rings. The van der Waals surface area contributed by atoms with Crippen molar-refractivity contribution in [2.75, 3.05) is 6.54 Å². The second-order valence-electron chi connectivity index (χ2n) is 5.86. The zero-order chi connectivity index (χ0) is 16.7. The maximum Gasteiger partial charge on any atom is 0.240 e. The van der Waals surface area contributed by atoms with Crippen LogP contribution in [0.5, 0.6) is 0 Å². The number of nitrogens with one attached hydrogen (secondary N) is 2. The fraction of sp³-hybridized carbons (Fsp3) is 0.562. The quantitative estimate of drug-likeness (QED) is 0.718. The monoisotopic (exact) mass is 402 g/mol. The van der Waals surface area contributed by atoms with Crippen molar-refractivity contribution in [3.05, 3.63) is 28.7 Å². The first-order valence-corrected chi connectivity index (χ1v) is 10.3. The molecule has 1 aromatic rings. The van der Waals surface area contributed by atoms with E-state index in [9.17, 15) is 13.2 Å². The molecule has 0 unspecified atom stereocenters. The van der Waals surface area contributed by atoms with E-state index in [1.165, 1.54) is 25.0 Å². The summed E-state index contributed by atoms with van der Waals surface area (Å²) >= 11 is 3.27. The van der Waals surface area contributed by atoms with Crippen LogP contribution in [0.2, 0.25) is 0 Å². The average Bonchev–Trinajstić information content (AvgIpc) is 2.76. The van der Waals surface area contributed by atoms with Gasteiger partial charge in [0.2, 0.25) is 15.9 Å². The van der Waals surface area contributed by atoms with Crippen molar-refractivity contribution >= 4 is 31.9 Å². The summed E-state index contributed by atoms with van der Waals surface area (Å²) in [6.45, 7) is 0.108. The van der Waals surface area contributed by atoms with Gasteiger partial charge in [-0.05, 0) is 37.1 Å². The van der Waals surface area contributed by atoms with Gasteiger partial charge in [-0.15, -0.1) is 0 Å². The lowest BCUT2D eigenvalue weighted by Crippen LogP contribution is -2.36. The molecule has 0 aromatic heterocycles. The van der Waals surface area contributed by atoms with Crippen LogP contribution in [0.4, 0.5) is 0 Å². The second-order valence-corrected chi connectivity index (χ2v) is 8.54. The molecule has 0 spiro atoms. The third-order valence-electron chi connectivity index (χ3n) is 3.99. The molecule has 0 aliphatic heterocycles. The normalized spacial score (nSPS) is 16.7. The molecule has 1 fully saturated rings. The number of benzene rings is 1. The van der Waals surface area contributed by atoms with Crippen molar-refractivity contribution in [3.63, 3.8) is 0 Å². The van der Waals surface area contributed by atoms with Gasteiger partial charge in [-0.2, -0.15) is 0 Å². The van der Waals surface area contributed by atoms with Crippen LogP contribution in [0.1, 0.15) is 44.9 Å². The van der Waals surface area contributed by atoms with Crippen molar-refractivity contribution in [2.24, 2.45) is 0 Å². The molecule has 0 bridgehead atoms. The first-order chi connectivity index (χ1) is 11.0. The Labute approximate surface area is 146 Å². The lowest BCUT2D eigenvalue weighted by atomic mass is 10.1. The summed E-state index contributed by atoms with van der Waals surface area (Å²) in [4.78, 5) is 12.1. The molecule has 5 nitrogen and oxygen atoms in total. The molecule has 7 heteroatoms. The summed E-state index contributed by atoms with van der Waals surface area (Å²) < 4.78 is 27.5. The van der Waals surface area contributed by atoms with E-state index in [1.807, 2.05) is 0 Å². The van der Waals surface area contributed by atoms with Crippen LogP contribution < -0.4 is 10.0 Å². The lowest BCUT2D eigenvalue weighted by molar-refractivity contribution is -0.121. The zero-order valence-corrected chi connectivity index (χ0v) is 15.5. The number of rotatable bonds is 6. The Kier molecular flexibility index (Phi) is 7.05. The third-order valence-corrected chi connectivity index (χ3v) is 5.99. The average molecular weight is 403 g/mol. The van der Waals surface area contributed by atoms with E-state index in [1.54, 1.807) is 12.1 Å². The van der Waals surface area contributed by atoms with Crippen LogP contribution >= 0.6 is 15.9 Å². The minimum absolute atomic E-state index is 0.0876. The summed E-state index contributed by atoms with van der Waals surface area (Å²) in [5.41, 5.74) is 0. The smallest absolute Gasteiger partial charge is 0.240 e. The van der Waals surface area contributed by atoms with E-state index in [4.69, 9.17) is 0 Å². The highest BCUT2D eigenvalue weighted by atomic mass is 79.9. The van der Waals surface area contributed by atoms with E-state index in [2.05, 4.69) is 26.0 Å². The molecule has 23 heavy (non-hydrogen) atoms. The predicted molar refractivity (Wildman–Crippen MR) is 93.6 cm³/mol. The van der Waals surface area contributed by atoms with Crippen molar-refractivity contribution in [2.45, 2.75) is 55.9 Å². The topological polar surface area (TPSA) is 75.3 Å². The van der Waals surface area contributed by atoms with Gasteiger partial charge in [0.15, 0.2) is 0 Å². The van der Waals surface area contributed by atoms with Gasteiger partial charge >= 0.3 is 0 Å². The van der Waals surface area contributed by atoms with Crippen molar-refractivity contribution < 1.29 is 13.2 Å². The van der Waals surface area contributed by atoms with Gasteiger partial charge in [0.1, 0.15) is 0 Å². The molecule has 2 rings (SSSR count). The summed E-state index contributed by atoms with van der Waals surface area (Å²) in [5, 5.41) is 3.01. The summed E-state index contributed by atoms with van der Waals surface area (Å²) in [7, 11) is -3.56. The van der Waals surface area contributed by atoms with E-state index in [-0.39, 0.29) is 29.8 Å². The molecule has 2 N–H and O–H groups in total. The highest BCUT2D eigenvalue weighted by Crippen LogP contribution is 2.17. The molecular formula is C16H23BrN2O3S. The summed E-state index contributed by atoms with van der Waals surface area (Å²) in [5.74, 6) is -0.0876. The minimum Gasteiger partial charge on any atom is -0.353 e.